The van der Waals surface area contributed by atoms with E-state index in [1.54, 1.807) is 18.3 Å². The first-order chi connectivity index (χ1) is 10.1. The summed E-state index contributed by atoms with van der Waals surface area (Å²) >= 11 is 1.54. The molecule has 2 aromatic heterocycles. The summed E-state index contributed by atoms with van der Waals surface area (Å²) < 4.78 is 1.93. The van der Waals surface area contributed by atoms with Crippen LogP contribution in [0.25, 0.3) is 11.1 Å². The molecule has 0 N–H and O–H groups in total. The second-order valence-electron chi connectivity index (χ2n) is 5.05. The number of hydrogen-bond acceptors (Lipinski definition) is 3. The van der Waals surface area contributed by atoms with Gasteiger partial charge in [0.15, 0.2) is 5.78 Å². The molecule has 21 heavy (non-hydrogen) atoms. The molecule has 0 fully saturated rings. The lowest BCUT2D eigenvalue weighted by atomic mass is 10.1. The number of carbonyl (C=O) groups is 1. The smallest absolute Gasteiger partial charge is 0.169 e. The van der Waals surface area contributed by atoms with Gasteiger partial charge in [-0.3, -0.25) is 9.48 Å². The Hall–Kier alpha value is -2.20. The Morgan fingerprint density at radius 3 is 2.71 bits per heavy atom. The van der Waals surface area contributed by atoms with Gasteiger partial charge < -0.3 is 0 Å². The Bertz CT molecular complexity index is 771. The van der Waals surface area contributed by atoms with Crippen molar-refractivity contribution in [3.63, 3.8) is 0 Å². The second kappa shape index (κ2) is 5.66. The Morgan fingerprint density at radius 1 is 1.29 bits per heavy atom. The number of thiophene rings is 1. The highest BCUT2D eigenvalue weighted by Crippen LogP contribution is 2.31. The molecule has 3 nitrogen and oxygen atoms in total. The third-order valence-corrected chi connectivity index (χ3v) is 4.55. The molecular formula is C17H16N2OS. The number of aromatic nitrogens is 2. The highest BCUT2D eigenvalue weighted by molar-refractivity contribution is 7.14. The van der Waals surface area contributed by atoms with E-state index in [4.69, 9.17) is 0 Å². The monoisotopic (exact) mass is 296 g/mol. The fourth-order valence-electron chi connectivity index (χ4n) is 2.30. The predicted octanol–water partition coefficient (Wildman–Crippen LogP) is 4.17. The van der Waals surface area contributed by atoms with Gasteiger partial charge in [-0.2, -0.15) is 5.10 Å². The first-order valence-corrected chi connectivity index (χ1v) is 7.63. The molecule has 0 unspecified atom stereocenters. The zero-order chi connectivity index (χ0) is 14.8. The van der Waals surface area contributed by atoms with Crippen molar-refractivity contribution < 1.29 is 4.79 Å². The highest BCUT2D eigenvalue weighted by Gasteiger charge is 2.12. The predicted molar refractivity (Wildman–Crippen MR) is 85.8 cm³/mol. The van der Waals surface area contributed by atoms with Crippen molar-refractivity contribution in [2.45, 2.75) is 20.4 Å². The lowest BCUT2D eigenvalue weighted by Crippen LogP contribution is -1.99. The van der Waals surface area contributed by atoms with Crippen molar-refractivity contribution in [2.24, 2.45) is 0 Å². The molecule has 0 aliphatic heterocycles. The molecule has 0 saturated carbocycles. The number of aryl methyl sites for hydroxylation is 1. The van der Waals surface area contributed by atoms with E-state index in [1.807, 2.05) is 48.3 Å². The minimum absolute atomic E-state index is 0.117. The SMILES string of the molecule is CC(=O)c1cc(-c2cnn(Cc3ccccc3)c2)c(C)s1. The summed E-state index contributed by atoms with van der Waals surface area (Å²) in [5.74, 6) is 0.117. The van der Waals surface area contributed by atoms with Gasteiger partial charge in [-0.25, -0.2) is 0 Å². The van der Waals surface area contributed by atoms with E-state index in [9.17, 15) is 4.79 Å². The molecule has 0 aliphatic carbocycles. The van der Waals surface area contributed by atoms with E-state index in [0.717, 1.165) is 27.4 Å². The zero-order valence-corrected chi connectivity index (χ0v) is 12.9. The van der Waals surface area contributed by atoms with Crippen molar-refractivity contribution in [3.05, 3.63) is 64.1 Å². The second-order valence-corrected chi connectivity index (χ2v) is 6.31. The number of nitrogens with zero attached hydrogens (tertiary/aromatic N) is 2. The summed E-state index contributed by atoms with van der Waals surface area (Å²) in [6, 6.07) is 12.2. The number of benzene rings is 1. The van der Waals surface area contributed by atoms with Gasteiger partial charge >= 0.3 is 0 Å². The number of ketones is 1. The molecule has 1 aromatic carbocycles. The van der Waals surface area contributed by atoms with Gasteiger partial charge in [-0.15, -0.1) is 11.3 Å². The standard InChI is InChI=1S/C17H16N2OS/c1-12(20)17-8-16(13(2)21-17)15-9-18-19(11-15)10-14-6-4-3-5-7-14/h3-9,11H,10H2,1-2H3. The molecule has 0 radical (unpaired) electrons. The molecule has 0 bridgehead atoms. The number of rotatable bonds is 4. The molecule has 3 aromatic rings. The van der Waals surface area contributed by atoms with Crippen LogP contribution < -0.4 is 0 Å². The van der Waals surface area contributed by atoms with E-state index in [0.29, 0.717) is 0 Å². The lowest BCUT2D eigenvalue weighted by molar-refractivity contribution is 0.102. The largest absolute Gasteiger partial charge is 0.294 e. The third-order valence-electron chi connectivity index (χ3n) is 3.40. The Balaban J connectivity index is 1.86. The maximum atomic E-state index is 11.5. The molecule has 106 valence electrons. The van der Waals surface area contributed by atoms with Gasteiger partial charge in [-0.1, -0.05) is 30.3 Å². The van der Waals surface area contributed by atoms with Crippen LogP contribution in [-0.4, -0.2) is 15.6 Å². The van der Waals surface area contributed by atoms with Crippen LogP contribution in [0.3, 0.4) is 0 Å². The Kier molecular flexibility index (Phi) is 3.71. The summed E-state index contributed by atoms with van der Waals surface area (Å²) in [4.78, 5) is 13.4. The van der Waals surface area contributed by atoms with E-state index in [1.165, 1.54) is 5.56 Å². The third kappa shape index (κ3) is 2.95. The normalized spacial score (nSPS) is 10.8. The average Bonchev–Trinajstić information content (AvgIpc) is 3.06. The first kappa shape index (κ1) is 13.8. The van der Waals surface area contributed by atoms with Gasteiger partial charge in [0.25, 0.3) is 0 Å². The van der Waals surface area contributed by atoms with Crippen molar-refractivity contribution >= 4 is 17.1 Å². The van der Waals surface area contributed by atoms with Crippen LogP contribution in [0, 0.1) is 6.92 Å². The van der Waals surface area contributed by atoms with Crippen LogP contribution in [0.2, 0.25) is 0 Å². The zero-order valence-electron chi connectivity index (χ0n) is 12.0. The van der Waals surface area contributed by atoms with Crippen LogP contribution in [0.15, 0.2) is 48.8 Å². The summed E-state index contributed by atoms with van der Waals surface area (Å²) in [6.45, 7) is 4.40. The van der Waals surface area contributed by atoms with Gasteiger partial charge in [0, 0.05) is 16.6 Å². The van der Waals surface area contributed by atoms with Gasteiger partial charge in [0.2, 0.25) is 0 Å². The van der Waals surface area contributed by atoms with Gasteiger partial charge in [0.05, 0.1) is 17.6 Å². The van der Waals surface area contributed by atoms with E-state index in [2.05, 4.69) is 17.2 Å². The van der Waals surface area contributed by atoms with Gasteiger partial charge in [-0.05, 0) is 31.0 Å². The van der Waals surface area contributed by atoms with Crippen molar-refractivity contribution in [1.29, 1.82) is 0 Å². The summed E-state index contributed by atoms with van der Waals surface area (Å²) in [5.41, 5.74) is 3.38. The minimum Gasteiger partial charge on any atom is -0.294 e. The lowest BCUT2D eigenvalue weighted by Gasteiger charge is -2.00. The molecular weight excluding hydrogens is 280 g/mol. The quantitative estimate of drug-likeness (QED) is 0.677. The summed E-state index contributed by atoms with van der Waals surface area (Å²) in [7, 11) is 0. The molecule has 0 atom stereocenters. The molecule has 0 saturated heterocycles. The van der Waals surface area contributed by atoms with Crippen LogP contribution in [0.5, 0.6) is 0 Å². The van der Waals surface area contributed by atoms with Crippen molar-refractivity contribution in [3.8, 4) is 11.1 Å². The molecule has 4 heteroatoms. The first-order valence-electron chi connectivity index (χ1n) is 6.81. The summed E-state index contributed by atoms with van der Waals surface area (Å²) in [6.07, 6.45) is 3.90. The Morgan fingerprint density at radius 2 is 2.05 bits per heavy atom. The highest BCUT2D eigenvalue weighted by atomic mass is 32.1. The number of carbonyl (C=O) groups excluding carboxylic acids is 1. The number of Topliss-reactive ketones (excluding diaryl/α,β-unsaturated/α-hetero) is 1. The van der Waals surface area contributed by atoms with E-state index in [-0.39, 0.29) is 5.78 Å². The van der Waals surface area contributed by atoms with Crippen LogP contribution in [0.1, 0.15) is 27.0 Å². The van der Waals surface area contributed by atoms with Crippen LogP contribution in [-0.2, 0) is 6.54 Å². The van der Waals surface area contributed by atoms with Crippen LogP contribution >= 0.6 is 11.3 Å². The molecule has 2 heterocycles. The van der Waals surface area contributed by atoms with E-state index >= 15 is 0 Å². The van der Waals surface area contributed by atoms with Crippen LogP contribution in [0.4, 0.5) is 0 Å². The fourth-order valence-corrected chi connectivity index (χ4v) is 3.24. The molecule has 0 amide bonds. The Labute approximate surface area is 127 Å². The van der Waals surface area contributed by atoms with Crippen molar-refractivity contribution in [2.75, 3.05) is 0 Å². The van der Waals surface area contributed by atoms with E-state index < -0.39 is 0 Å². The maximum absolute atomic E-state index is 11.5. The molecule has 0 spiro atoms. The van der Waals surface area contributed by atoms with Crippen molar-refractivity contribution in [1.82, 2.24) is 9.78 Å². The van der Waals surface area contributed by atoms with Gasteiger partial charge in [0.1, 0.15) is 0 Å². The fraction of sp³-hybridized carbons (Fsp3) is 0.176. The summed E-state index contributed by atoms with van der Waals surface area (Å²) in [5, 5.41) is 4.42. The molecule has 3 rings (SSSR count). The minimum atomic E-state index is 0.117. The maximum Gasteiger partial charge on any atom is 0.169 e. The average molecular weight is 296 g/mol. The topological polar surface area (TPSA) is 34.9 Å². The number of hydrogen-bond donors (Lipinski definition) is 0. The molecule has 0 aliphatic rings.